The highest BCUT2D eigenvalue weighted by molar-refractivity contribution is 9.10. The predicted molar refractivity (Wildman–Crippen MR) is 88.6 cm³/mol. The van der Waals surface area contributed by atoms with Crippen molar-refractivity contribution in [3.05, 3.63) is 63.9 Å². The van der Waals surface area contributed by atoms with Gasteiger partial charge in [0.2, 0.25) is 0 Å². The smallest absolute Gasteiger partial charge is 0.124 e. The van der Waals surface area contributed by atoms with Gasteiger partial charge in [0.05, 0.1) is 5.69 Å². The van der Waals surface area contributed by atoms with E-state index in [1.54, 1.807) is 11.3 Å². The van der Waals surface area contributed by atoms with Crippen molar-refractivity contribution in [3.63, 3.8) is 0 Å². The highest BCUT2D eigenvalue weighted by atomic mass is 79.9. The molecule has 2 N–H and O–H groups in total. The van der Waals surface area contributed by atoms with Crippen molar-refractivity contribution in [2.45, 2.75) is 6.54 Å². The predicted octanol–water partition coefficient (Wildman–Crippen LogP) is 4.70. The topological polar surface area (TPSA) is 38.9 Å². The number of aromatic nitrogens is 1. The fourth-order valence-electron chi connectivity index (χ4n) is 2.02. The van der Waals surface area contributed by atoms with Gasteiger partial charge in [0.25, 0.3) is 0 Å². The van der Waals surface area contributed by atoms with Gasteiger partial charge in [-0.15, -0.1) is 11.3 Å². The van der Waals surface area contributed by atoms with E-state index in [2.05, 4.69) is 45.6 Å². The van der Waals surface area contributed by atoms with Crippen LogP contribution in [0.4, 0.5) is 0 Å². The van der Waals surface area contributed by atoms with Crippen LogP contribution in [0.15, 0.2) is 58.4 Å². The second kappa shape index (κ2) is 5.87. The fourth-order valence-corrected chi connectivity index (χ4v) is 3.24. The molecule has 100 valence electrons. The summed E-state index contributed by atoms with van der Waals surface area (Å²) in [5.41, 5.74) is 10.1. The number of hydrogen-bond acceptors (Lipinski definition) is 3. The molecule has 1 heterocycles. The molecule has 0 aliphatic heterocycles. The summed E-state index contributed by atoms with van der Waals surface area (Å²) in [6.45, 7) is 0.552. The van der Waals surface area contributed by atoms with E-state index >= 15 is 0 Å². The number of nitrogens with zero attached hydrogens (tertiary/aromatic N) is 1. The summed E-state index contributed by atoms with van der Waals surface area (Å²) in [7, 11) is 0. The Balaban J connectivity index is 1.97. The van der Waals surface area contributed by atoms with Crippen LogP contribution in [0.5, 0.6) is 0 Å². The van der Waals surface area contributed by atoms with Crippen molar-refractivity contribution >= 4 is 27.3 Å². The van der Waals surface area contributed by atoms with Crippen LogP contribution >= 0.6 is 27.3 Å². The van der Waals surface area contributed by atoms with Gasteiger partial charge >= 0.3 is 0 Å². The van der Waals surface area contributed by atoms with Crippen LogP contribution < -0.4 is 5.73 Å². The largest absolute Gasteiger partial charge is 0.326 e. The van der Waals surface area contributed by atoms with E-state index in [-0.39, 0.29) is 0 Å². The molecule has 0 atom stereocenters. The second-order valence-corrected chi connectivity index (χ2v) is 6.23. The van der Waals surface area contributed by atoms with Crippen LogP contribution in [0.2, 0.25) is 0 Å². The monoisotopic (exact) mass is 344 g/mol. The quantitative estimate of drug-likeness (QED) is 0.747. The molecule has 0 spiro atoms. The Labute approximate surface area is 130 Å². The summed E-state index contributed by atoms with van der Waals surface area (Å²) in [5, 5.41) is 3.12. The molecule has 0 aliphatic rings. The Morgan fingerprint density at radius 1 is 1.05 bits per heavy atom. The lowest BCUT2D eigenvalue weighted by Gasteiger charge is -2.00. The molecular weight excluding hydrogens is 332 g/mol. The van der Waals surface area contributed by atoms with Crippen molar-refractivity contribution in [1.29, 1.82) is 0 Å². The minimum Gasteiger partial charge on any atom is -0.326 e. The van der Waals surface area contributed by atoms with Crippen molar-refractivity contribution < 1.29 is 0 Å². The Morgan fingerprint density at radius 2 is 1.85 bits per heavy atom. The van der Waals surface area contributed by atoms with Crippen LogP contribution in [0.1, 0.15) is 5.56 Å². The van der Waals surface area contributed by atoms with Crippen LogP contribution in [0.3, 0.4) is 0 Å². The van der Waals surface area contributed by atoms with Gasteiger partial charge in [0, 0.05) is 27.5 Å². The SMILES string of the molecule is NCc1cccc(-c2csc(-c3cccc(Br)c3)n2)c1. The lowest BCUT2D eigenvalue weighted by atomic mass is 10.1. The minimum absolute atomic E-state index is 0.552. The summed E-state index contributed by atoms with van der Waals surface area (Å²) in [6.07, 6.45) is 0. The van der Waals surface area contributed by atoms with E-state index in [4.69, 9.17) is 10.7 Å². The number of benzene rings is 2. The number of nitrogens with two attached hydrogens (primary N) is 1. The summed E-state index contributed by atoms with van der Waals surface area (Å²) in [6, 6.07) is 16.4. The van der Waals surface area contributed by atoms with E-state index < -0.39 is 0 Å². The van der Waals surface area contributed by atoms with Crippen LogP contribution in [0, 0.1) is 0 Å². The van der Waals surface area contributed by atoms with E-state index in [0.717, 1.165) is 31.9 Å². The van der Waals surface area contributed by atoms with Gasteiger partial charge in [-0.2, -0.15) is 0 Å². The van der Waals surface area contributed by atoms with Gasteiger partial charge in [0.15, 0.2) is 0 Å². The summed E-state index contributed by atoms with van der Waals surface area (Å²) >= 11 is 5.15. The molecule has 3 rings (SSSR count). The van der Waals surface area contributed by atoms with Gasteiger partial charge < -0.3 is 5.73 Å². The van der Waals surface area contributed by atoms with E-state index in [9.17, 15) is 0 Å². The molecule has 1 aromatic heterocycles. The zero-order valence-electron chi connectivity index (χ0n) is 10.7. The highest BCUT2D eigenvalue weighted by Gasteiger charge is 2.07. The lowest BCUT2D eigenvalue weighted by Crippen LogP contribution is -1.95. The molecule has 0 aliphatic carbocycles. The third-order valence-corrected chi connectivity index (χ3v) is 4.42. The first-order chi connectivity index (χ1) is 9.76. The first kappa shape index (κ1) is 13.5. The maximum atomic E-state index is 5.69. The van der Waals surface area contributed by atoms with Gasteiger partial charge in [-0.25, -0.2) is 4.98 Å². The normalized spacial score (nSPS) is 10.7. The molecule has 0 saturated carbocycles. The summed E-state index contributed by atoms with van der Waals surface area (Å²) in [5.74, 6) is 0. The second-order valence-electron chi connectivity index (χ2n) is 4.45. The zero-order valence-corrected chi connectivity index (χ0v) is 13.1. The summed E-state index contributed by atoms with van der Waals surface area (Å²) < 4.78 is 1.07. The Kier molecular flexibility index (Phi) is 3.96. The van der Waals surface area contributed by atoms with Gasteiger partial charge in [-0.1, -0.05) is 46.3 Å². The zero-order chi connectivity index (χ0) is 13.9. The van der Waals surface area contributed by atoms with E-state index in [1.807, 2.05) is 24.3 Å². The molecule has 2 nitrogen and oxygen atoms in total. The molecule has 4 heteroatoms. The number of thiazole rings is 1. The van der Waals surface area contributed by atoms with E-state index in [0.29, 0.717) is 6.54 Å². The van der Waals surface area contributed by atoms with Crippen LogP contribution in [-0.2, 0) is 6.54 Å². The van der Waals surface area contributed by atoms with Crippen LogP contribution in [-0.4, -0.2) is 4.98 Å². The molecule has 0 amide bonds. The van der Waals surface area contributed by atoms with E-state index in [1.165, 1.54) is 0 Å². The fraction of sp³-hybridized carbons (Fsp3) is 0.0625. The molecule has 0 fully saturated rings. The number of halogens is 1. The summed E-state index contributed by atoms with van der Waals surface area (Å²) in [4.78, 5) is 4.72. The van der Waals surface area contributed by atoms with Crippen molar-refractivity contribution in [2.24, 2.45) is 5.73 Å². The van der Waals surface area contributed by atoms with Gasteiger partial charge in [-0.05, 0) is 23.8 Å². The Morgan fingerprint density at radius 3 is 2.65 bits per heavy atom. The van der Waals surface area contributed by atoms with Crippen LogP contribution in [0.25, 0.3) is 21.8 Å². The first-order valence-electron chi connectivity index (χ1n) is 6.27. The molecule has 0 unspecified atom stereocenters. The average molecular weight is 345 g/mol. The minimum atomic E-state index is 0.552. The van der Waals surface area contributed by atoms with Crippen molar-refractivity contribution in [1.82, 2.24) is 4.98 Å². The molecule has 3 aromatic rings. The molecule has 0 bridgehead atoms. The molecule has 2 aromatic carbocycles. The van der Waals surface area contributed by atoms with Crippen molar-refractivity contribution in [3.8, 4) is 21.8 Å². The standard InChI is InChI=1S/C16H13BrN2S/c17-14-6-2-5-13(8-14)16-19-15(10-20-16)12-4-1-3-11(7-12)9-18/h1-8,10H,9,18H2. The molecule has 0 radical (unpaired) electrons. The Bertz CT molecular complexity index is 737. The molecular formula is C16H13BrN2S. The third-order valence-electron chi connectivity index (χ3n) is 3.03. The maximum absolute atomic E-state index is 5.69. The van der Waals surface area contributed by atoms with Crippen molar-refractivity contribution in [2.75, 3.05) is 0 Å². The average Bonchev–Trinajstić information content (AvgIpc) is 2.97. The number of hydrogen-bond donors (Lipinski definition) is 1. The number of rotatable bonds is 3. The maximum Gasteiger partial charge on any atom is 0.124 e. The first-order valence-corrected chi connectivity index (χ1v) is 7.94. The lowest BCUT2D eigenvalue weighted by molar-refractivity contribution is 1.07. The highest BCUT2D eigenvalue weighted by Crippen LogP contribution is 2.30. The molecule has 20 heavy (non-hydrogen) atoms. The third kappa shape index (κ3) is 2.82. The molecule has 0 saturated heterocycles. The van der Waals surface area contributed by atoms with Gasteiger partial charge in [0.1, 0.15) is 5.01 Å². The Hall–Kier alpha value is -1.49. The van der Waals surface area contributed by atoms with Gasteiger partial charge in [-0.3, -0.25) is 0 Å².